The van der Waals surface area contributed by atoms with Crippen LogP contribution in [-0.4, -0.2) is 43.1 Å². The lowest BCUT2D eigenvalue weighted by Crippen LogP contribution is -2.30. The molecule has 2 aromatic carbocycles. The molecule has 4 aromatic rings. The third kappa shape index (κ3) is 5.21. The summed E-state index contributed by atoms with van der Waals surface area (Å²) >= 11 is 3.38. The van der Waals surface area contributed by atoms with E-state index in [0.717, 1.165) is 10.0 Å². The number of rotatable bonds is 8. The number of nitrogens with one attached hydrogen (secondary N) is 2. The number of aliphatic hydroxyl groups is 1. The van der Waals surface area contributed by atoms with Gasteiger partial charge in [-0.25, -0.2) is 10.2 Å². The number of aromatic nitrogens is 4. The molecule has 10 nitrogen and oxygen atoms in total. The summed E-state index contributed by atoms with van der Waals surface area (Å²) in [6.07, 6.45) is 0.629. The molecule has 0 bridgehead atoms. The number of ether oxygens (including phenoxy) is 1. The summed E-state index contributed by atoms with van der Waals surface area (Å²) in [6, 6.07) is 16.6. The van der Waals surface area contributed by atoms with Gasteiger partial charge < -0.3 is 14.4 Å². The maximum Gasteiger partial charge on any atom is 0.329 e. The van der Waals surface area contributed by atoms with E-state index in [9.17, 15) is 14.7 Å². The van der Waals surface area contributed by atoms with Gasteiger partial charge in [-0.1, -0.05) is 46.3 Å². The highest BCUT2D eigenvalue weighted by Gasteiger charge is 2.19. The number of aliphatic hydroxyl groups excluding tert-OH is 1. The molecular weight excluding hydrogens is 492 g/mol. The van der Waals surface area contributed by atoms with E-state index in [4.69, 9.17) is 4.74 Å². The van der Waals surface area contributed by atoms with Gasteiger partial charge in [0.15, 0.2) is 11.2 Å². The number of halogens is 1. The van der Waals surface area contributed by atoms with E-state index in [0.29, 0.717) is 5.75 Å². The van der Waals surface area contributed by atoms with Crippen LogP contribution in [0, 0.1) is 0 Å². The molecule has 0 aliphatic carbocycles. The summed E-state index contributed by atoms with van der Waals surface area (Å²) in [6.45, 7) is -0.0181. The van der Waals surface area contributed by atoms with Crippen LogP contribution in [0.1, 0.15) is 5.56 Å². The first-order chi connectivity index (χ1) is 15.9. The first-order valence-corrected chi connectivity index (χ1v) is 10.8. The van der Waals surface area contributed by atoms with E-state index < -0.39 is 17.4 Å². The van der Waals surface area contributed by atoms with E-state index in [1.54, 1.807) is 18.3 Å². The van der Waals surface area contributed by atoms with E-state index >= 15 is 0 Å². The van der Waals surface area contributed by atoms with Crippen molar-refractivity contribution in [1.29, 1.82) is 0 Å². The van der Waals surface area contributed by atoms with Gasteiger partial charge in [-0.3, -0.25) is 14.3 Å². The third-order valence-electron chi connectivity index (χ3n) is 4.83. The van der Waals surface area contributed by atoms with Crippen LogP contribution < -0.4 is 21.4 Å². The molecule has 33 heavy (non-hydrogen) atoms. The fraction of sp³-hybridized carbons (Fsp3) is 0.182. The smallest absolute Gasteiger partial charge is 0.329 e. The quantitative estimate of drug-likeness (QED) is 0.245. The summed E-state index contributed by atoms with van der Waals surface area (Å²) in [5.74, 6) is 0.813. The highest BCUT2D eigenvalue weighted by atomic mass is 79.9. The Morgan fingerprint density at radius 1 is 1.21 bits per heavy atom. The Morgan fingerprint density at radius 3 is 2.67 bits per heavy atom. The van der Waals surface area contributed by atoms with Gasteiger partial charge in [0.1, 0.15) is 18.5 Å². The van der Waals surface area contributed by atoms with Crippen LogP contribution in [0.2, 0.25) is 0 Å². The molecule has 0 aliphatic rings. The summed E-state index contributed by atoms with van der Waals surface area (Å²) in [5.41, 5.74) is 2.76. The van der Waals surface area contributed by atoms with E-state index in [1.807, 2.05) is 42.5 Å². The van der Waals surface area contributed by atoms with Gasteiger partial charge in [0.05, 0.1) is 12.8 Å². The van der Waals surface area contributed by atoms with Gasteiger partial charge in [0, 0.05) is 11.5 Å². The average molecular weight is 513 g/mol. The second kappa shape index (κ2) is 9.84. The summed E-state index contributed by atoms with van der Waals surface area (Å²) < 4.78 is 9.26. The van der Waals surface area contributed by atoms with Crippen molar-refractivity contribution in [2.24, 2.45) is 12.1 Å². The maximum atomic E-state index is 12.6. The molecule has 1 unspecified atom stereocenters. The SMILES string of the molecule is Cn1c(=O)[nH]c(=O)c2c1nc(N/N=C\c1ccc(Br)cc1)n2CC(O)COc1ccccc1. The van der Waals surface area contributed by atoms with Crippen LogP contribution in [-0.2, 0) is 13.6 Å². The Hall–Kier alpha value is -3.70. The van der Waals surface area contributed by atoms with Crippen LogP contribution in [0.3, 0.4) is 0 Å². The lowest BCUT2D eigenvalue weighted by Gasteiger charge is -2.15. The van der Waals surface area contributed by atoms with Crippen LogP contribution in [0.4, 0.5) is 5.95 Å². The standard InChI is InChI=1S/C22H21BrN6O4/c1-28-19-18(20(31)26-22(28)32)29(12-16(30)13-33-17-5-3-2-4-6-17)21(25-19)27-24-11-14-7-9-15(23)10-8-14/h2-11,16,30H,12-13H2,1H3,(H,25,27)(H,26,31,32)/b24-11-. The number of hydrogen-bond acceptors (Lipinski definition) is 7. The average Bonchev–Trinajstić information content (AvgIpc) is 3.17. The molecule has 11 heteroatoms. The maximum absolute atomic E-state index is 12.6. The number of aryl methyl sites for hydroxylation is 1. The van der Waals surface area contributed by atoms with Crippen molar-refractivity contribution in [2.45, 2.75) is 12.6 Å². The normalized spacial score (nSPS) is 12.3. The fourth-order valence-electron chi connectivity index (χ4n) is 3.18. The molecule has 2 aromatic heterocycles. The molecule has 0 saturated carbocycles. The third-order valence-corrected chi connectivity index (χ3v) is 5.36. The van der Waals surface area contributed by atoms with Crippen LogP contribution in [0.25, 0.3) is 11.2 Å². The monoisotopic (exact) mass is 512 g/mol. The molecule has 4 rings (SSSR count). The molecule has 0 radical (unpaired) electrons. The number of anilines is 1. The van der Waals surface area contributed by atoms with Crippen molar-refractivity contribution >= 4 is 39.3 Å². The number of H-pyrrole nitrogens is 1. The molecule has 0 fully saturated rings. The number of nitrogens with zero attached hydrogens (tertiary/aromatic N) is 4. The number of para-hydroxylation sites is 1. The Balaban J connectivity index is 1.62. The second-order valence-electron chi connectivity index (χ2n) is 7.24. The van der Waals surface area contributed by atoms with Crippen molar-refractivity contribution in [2.75, 3.05) is 12.0 Å². The zero-order chi connectivity index (χ0) is 23.4. The Labute approximate surface area is 196 Å². The molecule has 170 valence electrons. The van der Waals surface area contributed by atoms with Gasteiger partial charge >= 0.3 is 5.69 Å². The fourth-order valence-corrected chi connectivity index (χ4v) is 3.45. The lowest BCUT2D eigenvalue weighted by molar-refractivity contribution is 0.0938. The second-order valence-corrected chi connectivity index (χ2v) is 8.15. The van der Waals surface area contributed by atoms with Gasteiger partial charge in [0.2, 0.25) is 5.95 Å². The van der Waals surface area contributed by atoms with Gasteiger partial charge in [-0.15, -0.1) is 0 Å². The summed E-state index contributed by atoms with van der Waals surface area (Å²) in [4.78, 5) is 31.2. The van der Waals surface area contributed by atoms with Crippen molar-refractivity contribution < 1.29 is 9.84 Å². The predicted molar refractivity (Wildman–Crippen MR) is 129 cm³/mol. The van der Waals surface area contributed by atoms with Gasteiger partial charge in [-0.2, -0.15) is 10.1 Å². The van der Waals surface area contributed by atoms with Crippen LogP contribution in [0.15, 0.2) is 73.8 Å². The first-order valence-electron chi connectivity index (χ1n) is 10.0. The topological polar surface area (TPSA) is 127 Å². The van der Waals surface area contributed by atoms with Crippen molar-refractivity contribution in [3.63, 3.8) is 0 Å². The molecular formula is C22H21BrN6O4. The number of hydrogen-bond donors (Lipinski definition) is 3. The first kappa shape index (κ1) is 22.5. The minimum Gasteiger partial charge on any atom is -0.491 e. The van der Waals surface area contributed by atoms with E-state index in [-0.39, 0.29) is 30.3 Å². The van der Waals surface area contributed by atoms with E-state index in [2.05, 4.69) is 36.4 Å². The summed E-state index contributed by atoms with van der Waals surface area (Å²) in [7, 11) is 1.50. The Morgan fingerprint density at radius 2 is 1.94 bits per heavy atom. The zero-order valence-corrected chi connectivity index (χ0v) is 19.2. The number of benzene rings is 2. The highest BCUT2D eigenvalue weighted by Crippen LogP contribution is 2.17. The molecule has 1 atom stereocenters. The van der Waals surface area contributed by atoms with Gasteiger partial charge in [0.25, 0.3) is 5.56 Å². The van der Waals surface area contributed by atoms with Crippen LogP contribution in [0.5, 0.6) is 5.75 Å². The number of imidazole rings is 1. The van der Waals surface area contributed by atoms with Crippen LogP contribution >= 0.6 is 15.9 Å². The minimum absolute atomic E-state index is 0.00500. The molecule has 2 heterocycles. The highest BCUT2D eigenvalue weighted by molar-refractivity contribution is 9.10. The van der Waals surface area contributed by atoms with Crippen molar-refractivity contribution in [3.8, 4) is 5.75 Å². The predicted octanol–water partition coefficient (Wildman–Crippen LogP) is 2.07. The minimum atomic E-state index is -0.963. The number of hydrazone groups is 1. The largest absolute Gasteiger partial charge is 0.491 e. The molecule has 3 N–H and O–H groups in total. The number of aromatic amines is 1. The zero-order valence-electron chi connectivity index (χ0n) is 17.6. The molecule has 0 aliphatic heterocycles. The van der Waals surface area contributed by atoms with Crippen molar-refractivity contribution in [3.05, 3.63) is 85.5 Å². The Kier molecular flexibility index (Phi) is 6.71. The summed E-state index contributed by atoms with van der Waals surface area (Å²) in [5, 5.41) is 14.8. The van der Waals surface area contributed by atoms with Crippen molar-refractivity contribution in [1.82, 2.24) is 19.1 Å². The molecule has 0 amide bonds. The Bertz CT molecular complexity index is 1390. The van der Waals surface area contributed by atoms with Gasteiger partial charge in [-0.05, 0) is 29.8 Å². The molecule has 0 spiro atoms. The van der Waals surface area contributed by atoms with E-state index in [1.165, 1.54) is 16.2 Å². The molecule has 0 saturated heterocycles. The lowest BCUT2D eigenvalue weighted by atomic mass is 10.2. The number of fused-ring (bicyclic) bond motifs is 1.